The Morgan fingerprint density at radius 3 is 2.16 bits per heavy atom. The largest absolute Gasteiger partial charge is 0.497 e. The molecular weight excluding hydrogens is 316 g/mol. The van der Waals surface area contributed by atoms with Gasteiger partial charge in [0, 0.05) is 24.2 Å². The third-order valence-electron chi connectivity index (χ3n) is 4.16. The van der Waals surface area contributed by atoms with Crippen LogP contribution in [0.25, 0.3) is 0 Å². The minimum atomic E-state index is -0.142. The van der Waals surface area contributed by atoms with Gasteiger partial charge in [-0.3, -0.25) is 4.79 Å². The van der Waals surface area contributed by atoms with Crippen LogP contribution in [0.3, 0.4) is 0 Å². The first kappa shape index (κ1) is 18.8. The average Bonchev–Trinajstić information content (AvgIpc) is 2.64. The van der Waals surface area contributed by atoms with Crippen LogP contribution in [0, 0.1) is 0 Å². The molecule has 0 aliphatic rings. The molecule has 25 heavy (non-hydrogen) atoms. The summed E-state index contributed by atoms with van der Waals surface area (Å²) in [5, 5.41) is 3.01. The van der Waals surface area contributed by atoms with Crippen molar-refractivity contribution >= 4 is 5.91 Å². The van der Waals surface area contributed by atoms with Crippen LogP contribution in [-0.4, -0.2) is 51.7 Å². The number of hydrogen-bond acceptors (Lipinski definition) is 4. The Morgan fingerprint density at radius 2 is 1.64 bits per heavy atom. The summed E-state index contributed by atoms with van der Waals surface area (Å²) in [6, 6.07) is 15.6. The van der Waals surface area contributed by atoms with Crippen LogP contribution in [0.1, 0.15) is 15.9 Å². The van der Waals surface area contributed by atoms with E-state index >= 15 is 0 Å². The third-order valence-corrected chi connectivity index (χ3v) is 4.16. The van der Waals surface area contributed by atoms with E-state index in [2.05, 4.69) is 22.3 Å². The molecule has 0 spiro atoms. The molecule has 0 heterocycles. The van der Waals surface area contributed by atoms with Gasteiger partial charge in [-0.25, -0.2) is 0 Å². The summed E-state index contributed by atoms with van der Waals surface area (Å²) < 4.78 is 10.4. The molecule has 0 saturated carbocycles. The van der Waals surface area contributed by atoms with Gasteiger partial charge in [0.05, 0.1) is 14.2 Å². The summed E-state index contributed by atoms with van der Waals surface area (Å²) in [5.41, 5.74) is 1.77. The molecule has 1 N–H and O–H groups in total. The Balaban J connectivity index is 2.03. The molecule has 5 nitrogen and oxygen atoms in total. The maximum Gasteiger partial charge on any atom is 0.251 e. The van der Waals surface area contributed by atoms with Gasteiger partial charge in [0.15, 0.2) is 0 Å². The molecule has 0 aromatic heterocycles. The molecule has 2 aromatic rings. The number of hydrogen-bond donors (Lipinski definition) is 1. The van der Waals surface area contributed by atoms with Crippen molar-refractivity contribution in [1.82, 2.24) is 10.2 Å². The van der Waals surface area contributed by atoms with Gasteiger partial charge in [-0.15, -0.1) is 0 Å². The van der Waals surface area contributed by atoms with Gasteiger partial charge in [-0.2, -0.15) is 0 Å². The standard InChI is InChI=1S/C20H26N2O3/c1-22(2)17(10-15-8-6-5-7-9-15)14-21-20(23)16-11-18(24-3)13-19(12-16)25-4/h5-9,11-13,17H,10,14H2,1-4H3,(H,21,23)/t17-/m1/s1. The van der Waals surface area contributed by atoms with Gasteiger partial charge in [0.25, 0.3) is 5.91 Å². The van der Waals surface area contributed by atoms with E-state index in [1.807, 2.05) is 32.3 Å². The summed E-state index contributed by atoms with van der Waals surface area (Å²) in [6.45, 7) is 0.556. The van der Waals surface area contributed by atoms with E-state index in [4.69, 9.17) is 9.47 Å². The molecular formula is C20H26N2O3. The molecule has 0 fully saturated rings. The second-order valence-electron chi connectivity index (χ2n) is 6.12. The number of ether oxygens (including phenoxy) is 2. The fourth-order valence-corrected chi connectivity index (χ4v) is 2.57. The number of amides is 1. The van der Waals surface area contributed by atoms with Crippen molar-refractivity contribution in [3.05, 3.63) is 59.7 Å². The SMILES string of the molecule is COc1cc(OC)cc(C(=O)NC[C@@H](Cc2ccccc2)N(C)C)c1. The first-order chi connectivity index (χ1) is 12.0. The lowest BCUT2D eigenvalue weighted by atomic mass is 10.0. The zero-order valence-electron chi connectivity index (χ0n) is 15.3. The van der Waals surface area contributed by atoms with Gasteiger partial charge >= 0.3 is 0 Å². The number of nitrogens with zero attached hydrogens (tertiary/aromatic N) is 1. The van der Waals surface area contributed by atoms with Gasteiger partial charge in [0.1, 0.15) is 11.5 Å². The maximum atomic E-state index is 12.5. The molecule has 1 amide bonds. The summed E-state index contributed by atoms with van der Waals surface area (Å²) in [7, 11) is 7.18. The van der Waals surface area contributed by atoms with E-state index in [9.17, 15) is 4.79 Å². The van der Waals surface area contributed by atoms with Crippen LogP contribution in [0.5, 0.6) is 11.5 Å². The fraction of sp³-hybridized carbons (Fsp3) is 0.350. The van der Waals surface area contributed by atoms with Crippen molar-refractivity contribution in [3.63, 3.8) is 0 Å². The molecule has 0 unspecified atom stereocenters. The Morgan fingerprint density at radius 1 is 1.04 bits per heavy atom. The fourth-order valence-electron chi connectivity index (χ4n) is 2.57. The van der Waals surface area contributed by atoms with Crippen LogP contribution in [0.2, 0.25) is 0 Å². The maximum absolute atomic E-state index is 12.5. The second-order valence-corrected chi connectivity index (χ2v) is 6.12. The number of benzene rings is 2. The Labute approximate surface area is 149 Å². The Kier molecular flexibility index (Phi) is 6.83. The van der Waals surface area contributed by atoms with E-state index in [0.29, 0.717) is 23.6 Å². The van der Waals surface area contributed by atoms with E-state index in [0.717, 1.165) is 6.42 Å². The van der Waals surface area contributed by atoms with Crippen LogP contribution in [0.4, 0.5) is 0 Å². The lowest BCUT2D eigenvalue weighted by Gasteiger charge is -2.25. The number of methoxy groups -OCH3 is 2. The summed E-state index contributed by atoms with van der Waals surface area (Å²) in [6.07, 6.45) is 0.871. The number of carbonyl (C=O) groups excluding carboxylic acids is 1. The Bertz CT molecular complexity index is 664. The van der Waals surface area contributed by atoms with E-state index in [1.165, 1.54) is 5.56 Å². The van der Waals surface area contributed by atoms with Crippen LogP contribution < -0.4 is 14.8 Å². The van der Waals surface area contributed by atoms with Gasteiger partial charge in [-0.05, 0) is 38.2 Å². The summed E-state index contributed by atoms with van der Waals surface area (Å²) >= 11 is 0. The first-order valence-electron chi connectivity index (χ1n) is 8.25. The number of nitrogens with one attached hydrogen (secondary N) is 1. The molecule has 0 aliphatic carbocycles. The highest BCUT2D eigenvalue weighted by atomic mass is 16.5. The van der Waals surface area contributed by atoms with Crippen molar-refractivity contribution in [2.75, 3.05) is 34.9 Å². The molecule has 2 aromatic carbocycles. The second kappa shape index (κ2) is 9.08. The minimum absolute atomic E-state index is 0.142. The highest BCUT2D eigenvalue weighted by Crippen LogP contribution is 2.22. The summed E-state index contributed by atoms with van der Waals surface area (Å²) in [4.78, 5) is 14.6. The number of carbonyl (C=O) groups is 1. The normalized spacial score (nSPS) is 11.9. The lowest BCUT2D eigenvalue weighted by molar-refractivity contribution is 0.0941. The Hall–Kier alpha value is -2.53. The molecule has 0 radical (unpaired) electrons. The van der Waals surface area contributed by atoms with E-state index in [1.54, 1.807) is 32.4 Å². The third kappa shape index (κ3) is 5.50. The number of rotatable bonds is 8. The molecule has 1 atom stereocenters. The van der Waals surface area contributed by atoms with Crippen LogP contribution >= 0.6 is 0 Å². The molecule has 134 valence electrons. The van der Waals surface area contributed by atoms with Gasteiger partial charge in [-0.1, -0.05) is 30.3 Å². The van der Waals surface area contributed by atoms with Crippen LogP contribution in [0.15, 0.2) is 48.5 Å². The van der Waals surface area contributed by atoms with E-state index < -0.39 is 0 Å². The number of likely N-dealkylation sites (N-methyl/N-ethyl adjacent to an activating group) is 1. The zero-order chi connectivity index (χ0) is 18.2. The van der Waals surface area contributed by atoms with Crippen molar-refractivity contribution in [2.24, 2.45) is 0 Å². The predicted molar refractivity (Wildman–Crippen MR) is 99.5 cm³/mol. The smallest absolute Gasteiger partial charge is 0.251 e. The summed E-state index contributed by atoms with van der Waals surface area (Å²) in [5.74, 6) is 1.05. The quantitative estimate of drug-likeness (QED) is 0.801. The van der Waals surface area contributed by atoms with Crippen molar-refractivity contribution in [3.8, 4) is 11.5 Å². The molecule has 0 aliphatic heterocycles. The molecule has 2 rings (SSSR count). The predicted octanol–water partition coefficient (Wildman–Crippen LogP) is 2.61. The monoisotopic (exact) mass is 342 g/mol. The highest BCUT2D eigenvalue weighted by molar-refractivity contribution is 5.95. The van der Waals surface area contributed by atoms with Crippen molar-refractivity contribution in [1.29, 1.82) is 0 Å². The van der Waals surface area contributed by atoms with Crippen molar-refractivity contribution < 1.29 is 14.3 Å². The van der Waals surface area contributed by atoms with Crippen molar-refractivity contribution in [2.45, 2.75) is 12.5 Å². The lowest BCUT2D eigenvalue weighted by Crippen LogP contribution is -2.41. The highest BCUT2D eigenvalue weighted by Gasteiger charge is 2.15. The zero-order valence-corrected chi connectivity index (χ0v) is 15.3. The average molecular weight is 342 g/mol. The molecule has 0 saturated heterocycles. The first-order valence-corrected chi connectivity index (χ1v) is 8.25. The van der Waals surface area contributed by atoms with Gasteiger partial charge in [0.2, 0.25) is 0 Å². The topological polar surface area (TPSA) is 50.8 Å². The van der Waals surface area contributed by atoms with Gasteiger partial charge < -0.3 is 19.7 Å². The molecule has 0 bridgehead atoms. The molecule has 5 heteroatoms. The minimum Gasteiger partial charge on any atom is -0.497 e. The van der Waals surface area contributed by atoms with E-state index in [-0.39, 0.29) is 11.9 Å². The van der Waals surface area contributed by atoms with Crippen LogP contribution in [-0.2, 0) is 6.42 Å².